The van der Waals surface area contributed by atoms with Gasteiger partial charge in [-0.1, -0.05) is 37.6 Å². The highest BCUT2D eigenvalue weighted by atomic mass is 35.5. The SMILES string of the molecule is CCCn1c(CC)cc2cccc(Cl)c2c1=O.CNC(=O)c1c[nH]c2ncnc(N)c12. The highest BCUT2D eigenvalue weighted by molar-refractivity contribution is 6.35. The number of carbonyl (C=O) groups excluding carboxylic acids is 1. The molecule has 4 N–H and O–H groups in total. The van der Waals surface area contributed by atoms with Gasteiger partial charge < -0.3 is 20.6 Å². The molecule has 162 valence electrons. The Kier molecular flexibility index (Phi) is 6.91. The molecule has 0 aliphatic carbocycles. The lowest BCUT2D eigenvalue weighted by atomic mass is 10.1. The summed E-state index contributed by atoms with van der Waals surface area (Å²) < 4.78 is 1.84. The van der Waals surface area contributed by atoms with Gasteiger partial charge in [-0.15, -0.1) is 0 Å². The van der Waals surface area contributed by atoms with E-state index < -0.39 is 0 Å². The van der Waals surface area contributed by atoms with Crippen molar-refractivity contribution in [2.24, 2.45) is 0 Å². The molecule has 4 aromatic rings. The number of nitrogens with zero attached hydrogens (tertiary/aromatic N) is 3. The van der Waals surface area contributed by atoms with Crippen LogP contribution in [0, 0.1) is 0 Å². The summed E-state index contributed by atoms with van der Waals surface area (Å²) in [6.45, 7) is 4.89. The number of halogens is 1. The first kappa shape index (κ1) is 22.3. The van der Waals surface area contributed by atoms with E-state index in [0.29, 0.717) is 32.8 Å². The van der Waals surface area contributed by atoms with Gasteiger partial charge in [0.1, 0.15) is 17.8 Å². The third kappa shape index (κ3) is 4.39. The monoisotopic (exact) mass is 440 g/mol. The number of nitrogens with two attached hydrogens (primary N) is 1. The third-order valence-corrected chi connectivity index (χ3v) is 5.27. The van der Waals surface area contributed by atoms with Crippen LogP contribution in [0.1, 0.15) is 36.3 Å². The minimum Gasteiger partial charge on any atom is -0.383 e. The molecule has 8 nitrogen and oxygen atoms in total. The third-order valence-electron chi connectivity index (χ3n) is 4.95. The summed E-state index contributed by atoms with van der Waals surface area (Å²) >= 11 is 6.12. The fraction of sp³-hybridized carbons (Fsp3) is 0.273. The van der Waals surface area contributed by atoms with E-state index in [0.717, 1.165) is 30.5 Å². The number of amides is 1. The highest BCUT2D eigenvalue weighted by Crippen LogP contribution is 2.21. The number of aromatic amines is 1. The van der Waals surface area contributed by atoms with Crippen LogP contribution >= 0.6 is 11.6 Å². The summed E-state index contributed by atoms with van der Waals surface area (Å²) in [4.78, 5) is 34.4. The minimum atomic E-state index is -0.210. The van der Waals surface area contributed by atoms with Crippen molar-refractivity contribution in [3.05, 3.63) is 63.4 Å². The molecule has 0 fully saturated rings. The van der Waals surface area contributed by atoms with Crippen LogP contribution in [0.4, 0.5) is 5.82 Å². The van der Waals surface area contributed by atoms with Gasteiger partial charge in [-0.3, -0.25) is 9.59 Å². The molecular formula is C22H25ClN6O2. The van der Waals surface area contributed by atoms with E-state index in [1.54, 1.807) is 19.3 Å². The minimum absolute atomic E-state index is 0.0341. The molecule has 31 heavy (non-hydrogen) atoms. The standard InChI is InChI=1S/C14H16ClNO.C8H9N5O/c1-3-8-16-11(4-2)9-10-6-5-7-12(15)13(10)14(16)17;1-10-8(14)4-2-11-7-5(4)6(9)12-3-13-7/h5-7,9H,3-4,8H2,1-2H3;2-3H,1H3,(H,10,14)(H3,9,11,12,13). The lowest BCUT2D eigenvalue weighted by Gasteiger charge is -2.12. The van der Waals surface area contributed by atoms with Gasteiger partial charge in [0.2, 0.25) is 0 Å². The van der Waals surface area contributed by atoms with Gasteiger partial charge in [0.15, 0.2) is 0 Å². The Hall–Kier alpha value is -3.39. The maximum absolute atomic E-state index is 12.4. The van der Waals surface area contributed by atoms with Crippen LogP contribution in [0.25, 0.3) is 21.8 Å². The number of benzene rings is 1. The molecule has 1 amide bonds. The van der Waals surface area contributed by atoms with Crippen LogP contribution in [-0.2, 0) is 13.0 Å². The molecule has 0 saturated carbocycles. The fourth-order valence-corrected chi connectivity index (χ4v) is 3.73. The number of carbonyl (C=O) groups is 1. The molecule has 0 saturated heterocycles. The molecule has 3 heterocycles. The lowest BCUT2D eigenvalue weighted by molar-refractivity contribution is 0.0964. The number of aromatic nitrogens is 4. The Balaban J connectivity index is 0.000000179. The first-order valence-electron chi connectivity index (χ1n) is 10.0. The average Bonchev–Trinajstić information content (AvgIpc) is 3.21. The molecule has 0 atom stereocenters. The Labute approximate surface area is 184 Å². The van der Waals surface area contributed by atoms with Gasteiger partial charge in [0.25, 0.3) is 11.5 Å². The van der Waals surface area contributed by atoms with Crippen molar-refractivity contribution in [2.75, 3.05) is 12.8 Å². The number of nitrogens with one attached hydrogen (secondary N) is 2. The van der Waals surface area contributed by atoms with Crippen molar-refractivity contribution >= 4 is 45.1 Å². The highest BCUT2D eigenvalue weighted by Gasteiger charge is 2.14. The largest absolute Gasteiger partial charge is 0.383 e. The summed E-state index contributed by atoms with van der Waals surface area (Å²) in [5, 5.41) is 5.20. The predicted molar refractivity (Wildman–Crippen MR) is 125 cm³/mol. The molecule has 4 rings (SSSR count). The summed E-state index contributed by atoms with van der Waals surface area (Å²) in [6.07, 6.45) is 4.72. The van der Waals surface area contributed by atoms with E-state index >= 15 is 0 Å². The second-order valence-electron chi connectivity index (χ2n) is 6.91. The van der Waals surface area contributed by atoms with Crippen molar-refractivity contribution in [3.63, 3.8) is 0 Å². The molecule has 0 aliphatic heterocycles. The van der Waals surface area contributed by atoms with Crippen LogP contribution in [0.5, 0.6) is 0 Å². The molecule has 0 radical (unpaired) electrons. The Morgan fingerprint density at radius 3 is 2.71 bits per heavy atom. The molecule has 0 aliphatic rings. The van der Waals surface area contributed by atoms with Gasteiger partial charge >= 0.3 is 0 Å². The van der Waals surface area contributed by atoms with E-state index in [4.69, 9.17) is 17.3 Å². The van der Waals surface area contributed by atoms with Gasteiger partial charge in [0, 0.05) is 25.5 Å². The van der Waals surface area contributed by atoms with E-state index in [1.807, 2.05) is 16.7 Å². The Morgan fingerprint density at radius 1 is 1.26 bits per heavy atom. The Morgan fingerprint density at radius 2 is 2.03 bits per heavy atom. The smallest absolute Gasteiger partial charge is 0.260 e. The van der Waals surface area contributed by atoms with Gasteiger partial charge in [0.05, 0.1) is 21.4 Å². The second kappa shape index (κ2) is 9.61. The van der Waals surface area contributed by atoms with Crippen LogP contribution in [-0.4, -0.2) is 32.5 Å². The molecule has 3 aromatic heterocycles. The van der Waals surface area contributed by atoms with Crippen LogP contribution in [0.15, 0.2) is 41.6 Å². The molecule has 0 unspecified atom stereocenters. The second-order valence-corrected chi connectivity index (χ2v) is 7.32. The van der Waals surface area contributed by atoms with Crippen molar-refractivity contribution in [1.82, 2.24) is 24.8 Å². The summed E-state index contributed by atoms with van der Waals surface area (Å²) in [5.41, 5.74) is 7.78. The number of nitrogen functional groups attached to an aromatic ring is 1. The maximum Gasteiger partial charge on any atom is 0.260 e. The maximum atomic E-state index is 12.4. The first-order chi connectivity index (χ1) is 14.9. The van der Waals surface area contributed by atoms with Gasteiger partial charge in [-0.25, -0.2) is 9.97 Å². The van der Waals surface area contributed by atoms with Crippen molar-refractivity contribution in [1.29, 1.82) is 0 Å². The molecule has 0 bridgehead atoms. The zero-order valence-corrected chi connectivity index (χ0v) is 18.5. The Bertz CT molecular complexity index is 1290. The van der Waals surface area contributed by atoms with E-state index in [9.17, 15) is 9.59 Å². The number of hydrogen-bond donors (Lipinski definition) is 3. The summed E-state index contributed by atoms with van der Waals surface area (Å²) in [5.74, 6) is 0.0904. The van der Waals surface area contributed by atoms with Gasteiger partial charge in [-0.2, -0.15) is 0 Å². The van der Waals surface area contributed by atoms with Gasteiger partial charge in [-0.05, 0) is 30.4 Å². The van der Waals surface area contributed by atoms with Crippen molar-refractivity contribution < 1.29 is 4.79 Å². The van der Waals surface area contributed by atoms with Crippen LogP contribution in [0.2, 0.25) is 5.02 Å². The number of rotatable bonds is 4. The topological polar surface area (TPSA) is 119 Å². The molecule has 0 spiro atoms. The fourth-order valence-electron chi connectivity index (χ4n) is 3.47. The lowest BCUT2D eigenvalue weighted by Crippen LogP contribution is -2.23. The number of aryl methyl sites for hydroxylation is 1. The van der Waals surface area contributed by atoms with Crippen molar-refractivity contribution in [2.45, 2.75) is 33.2 Å². The summed E-state index contributed by atoms with van der Waals surface area (Å²) in [6, 6.07) is 7.66. The zero-order chi connectivity index (χ0) is 22.5. The normalized spacial score (nSPS) is 10.7. The van der Waals surface area contributed by atoms with Crippen LogP contribution < -0.4 is 16.6 Å². The van der Waals surface area contributed by atoms with Crippen LogP contribution in [0.3, 0.4) is 0 Å². The van der Waals surface area contributed by atoms with E-state index in [2.05, 4.69) is 40.2 Å². The predicted octanol–water partition coefficient (Wildman–Crippen LogP) is 3.53. The molecular weight excluding hydrogens is 416 g/mol. The number of fused-ring (bicyclic) bond motifs is 2. The quantitative estimate of drug-likeness (QED) is 0.448. The number of hydrogen-bond acceptors (Lipinski definition) is 5. The number of anilines is 1. The first-order valence-corrected chi connectivity index (χ1v) is 10.4. The molecule has 9 heteroatoms. The number of H-pyrrole nitrogens is 1. The average molecular weight is 441 g/mol. The van der Waals surface area contributed by atoms with E-state index in [-0.39, 0.29) is 11.5 Å². The molecule has 1 aromatic carbocycles. The summed E-state index contributed by atoms with van der Waals surface area (Å²) in [7, 11) is 1.56. The zero-order valence-electron chi connectivity index (χ0n) is 17.7. The van der Waals surface area contributed by atoms with E-state index in [1.165, 1.54) is 6.33 Å². The van der Waals surface area contributed by atoms with Crippen molar-refractivity contribution in [3.8, 4) is 0 Å². The number of pyridine rings is 1.